The molecule has 0 aromatic heterocycles. The fourth-order valence-electron chi connectivity index (χ4n) is 2.26. The number of hydrogen-bond donors (Lipinski definition) is 0. The molecule has 0 amide bonds. The molecule has 0 spiro atoms. The maximum Gasteiger partial charge on any atom is 0.317 e. The molecule has 0 saturated heterocycles. The Kier molecular flexibility index (Phi) is 7.14. The summed E-state index contributed by atoms with van der Waals surface area (Å²) in [6, 6.07) is 0. The fourth-order valence-corrected chi connectivity index (χ4v) is 2.40. The highest BCUT2D eigenvalue weighted by atomic mass is 35.5. The Morgan fingerprint density at radius 3 is 2.45 bits per heavy atom. The van der Waals surface area contributed by atoms with Gasteiger partial charge in [0, 0.05) is 0 Å². The first-order valence-electron chi connectivity index (χ1n) is 7.72. The van der Waals surface area contributed by atoms with Gasteiger partial charge in [-0.05, 0) is 25.7 Å². The van der Waals surface area contributed by atoms with Crippen LogP contribution in [-0.4, -0.2) is 24.1 Å². The second kappa shape index (κ2) is 8.37. The summed E-state index contributed by atoms with van der Waals surface area (Å²) >= 11 is 5.98. The van der Waals surface area contributed by atoms with Gasteiger partial charge in [-0.2, -0.15) is 0 Å². The molecule has 0 heterocycles. The first kappa shape index (κ1) is 18.8. The predicted octanol–water partition coefficient (Wildman–Crippen LogP) is 3.84. The van der Waals surface area contributed by atoms with Crippen LogP contribution < -0.4 is 0 Å². The van der Waals surface area contributed by atoms with Crippen molar-refractivity contribution in [1.82, 2.24) is 0 Å². The van der Waals surface area contributed by atoms with Crippen LogP contribution in [0.25, 0.3) is 0 Å². The Morgan fingerprint density at radius 2 is 1.91 bits per heavy atom. The molecular formula is C17H25ClO4. The quantitative estimate of drug-likeness (QED) is 0.526. The van der Waals surface area contributed by atoms with Crippen molar-refractivity contribution >= 4 is 23.5 Å². The zero-order valence-electron chi connectivity index (χ0n) is 13.7. The zero-order chi connectivity index (χ0) is 16.8. The zero-order valence-corrected chi connectivity index (χ0v) is 14.4. The van der Waals surface area contributed by atoms with Gasteiger partial charge in [0.25, 0.3) is 0 Å². The lowest BCUT2D eigenvalue weighted by atomic mass is 9.75. The largest absolute Gasteiger partial charge is 0.460 e. The van der Waals surface area contributed by atoms with E-state index in [4.69, 9.17) is 21.1 Å². The molecule has 1 rings (SSSR count). The molecule has 4 nitrogen and oxygen atoms in total. The third-order valence-corrected chi connectivity index (χ3v) is 4.46. The van der Waals surface area contributed by atoms with E-state index in [0.29, 0.717) is 0 Å². The second-order valence-electron chi connectivity index (χ2n) is 5.77. The van der Waals surface area contributed by atoms with Gasteiger partial charge >= 0.3 is 11.9 Å². The molecule has 0 fully saturated rings. The van der Waals surface area contributed by atoms with Crippen molar-refractivity contribution in [1.29, 1.82) is 0 Å². The molecule has 22 heavy (non-hydrogen) atoms. The number of allylic oxidation sites excluding steroid dienone is 3. The standard InChI is InChI=1S/C17H25ClO4/c1-5-13(6-2)15(19)21-11-14(18)22-16(20)17(4)10-8-7-9-12(17)3/h7-10,12-14H,5-6,11H2,1-4H3. The molecular weight excluding hydrogens is 304 g/mol. The van der Waals surface area contributed by atoms with Gasteiger partial charge in [0.05, 0.1) is 11.3 Å². The third kappa shape index (κ3) is 4.60. The smallest absolute Gasteiger partial charge is 0.317 e. The minimum absolute atomic E-state index is 0.0148. The van der Waals surface area contributed by atoms with E-state index < -0.39 is 16.9 Å². The Labute approximate surface area is 137 Å². The summed E-state index contributed by atoms with van der Waals surface area (Å²) in [4.78, 5) is 24.1. The average molecular weight is 329 g/mol. The van der Waals surface area contributed by atoms with Crippen LogP contribution in [0.2, 0.25) is 0 Å². The van der Waals surface area contributed by atoms with Gasteiger partial charge in [0.15, 0.2) is 0 Å². The maximum absolute atomic E-state index is 12.3. The van der Waals surface area contributed by atoms with E-state index in [2.05, 4.69) is 0 Å². The molecule has 5 heteroatoms. The van der Waals surface area contributed by atoms with Crippen LogP contribution in [0, 0.1) is 17.3 Å². The number of carbonyl (C=O) groups excluding carboxylic acids is 2. The molecule has 0 aromatic rings. The highest BCUT2D eigenvalue weighted by Gasteiger charge is 2.39. The summed E-state index contributed by atoms with van der Waals surface area (Å²) in [5.74, 6) is -0.838. The lowest BCUT2D eigenvalue weighted by Gasteiger charge is -2.31. The first-order valence-corrected chi connectivity index (χ1v) is 8.16. The lowest BCUT2D eigenvalue weighted by Crippen LogP contribution is -2.37. The van der Waals surface area contributed by atoms with Crippen molar-refractivity contribution in [3.8, 4) is 0 Å². The van der Waals surface area contributed by atoms with Gasteiger partial charge in [-0.15, -0.1) is 0 Å². The van der Waals surface area contributed by atoms with Gasteiger partial charge in [-0.25, -0.2) is 0 Å². The van der Waals surface area contributed by atoms with Crippen molar-refractivity contribution in [2.75, 3.05) is 6.61 Å². The van der Waals surface area contributed by atoms with Gasteiger partial charge < -0.3 is 9.47 Å². The topological polar surface area (TPSA) is 52.6 Å². The lowest BCUT2D eigenvalue weighted by molar-refractivity contribution is -0.163. The molecule has 1 aliphatic carbocycles. The summed E-state index contributed by atoms with van der Waals surface area (Å²) in [7, 11) is 0. The van der Waals surface area contributed by atoms with E-state index >= 15 is 0 Å². The Hall–Kier alpha value is -1.29. The maximum atomic E-state index is 12.3. The molecule has 3 atom stereocenters. The number of carbonyl (C=O) groups is 2. The monoisotopic (exact) mass is 328 g/mol. The average Bonchev–Trinajstić information content (AvgIpc) is 2.49. The minimum atomic E-state index is -0.978. The molecule has 0 N–H and O–H groups in total. The predicted molar refractivity (Wildman–Crippen MR) is 86.3 cm³/mol. The van der Waals surface area contributed by atoms with E-state index in [1.165, 1.54) is 0 Å². The number of halogens is 1. The van der Waals surface area contributed by atoms with E-state index in [1.54, 1.807) is 13.0 Å². The van der Waals surface area contributed by atoms with E-state index in [0.717, 1.165) is 12.8 Å². The van der Waals surface area contributed by atoms with Crippen LogP contribution in [0.3, 0.4) is 0 Å². The number of alkyl halides is 1. The SMILES string of the molecule is CCC(CC)C(=O)OCC(Cl)OC(=O)C1(C)C=CC=CC1C. The first-order chi connectivity index (χ1) is 10.3. The molecule has 124 valence electrons. The molecule has 0 bridgehead atoms. The van der Waals surface area contributed by atoms with Gasteiger partial charge in [0.1, 0.15) is 6.61 Å². The normalized spacial score (nSPS) is 25.1. The summed E-state index contributed by atoms with van der Waals surface area (Å²) in [6.45, 7) is 7.47. The van der Waals surface area contributed by atoms with E-state index in [-0.39, 0.29) is 24.4 Å². The van der Waals surface area contributed by atoms with E-state index in [1.807, 2.05) is 39.0 Å². The van der Waals surface area contributed by atoms with Crippen molar-refractivity contribution in [3.63, 3.8) is 0 Å². The van der Waals surface area contributed by atoms with Crippen molar-refractivity contribution < 1.29 is 19.1 Å². The Morgan fingerprint density at radius 1 is 1.27 bits per heavy atom. The number of rotatable bonds is 7. The van der Waals surface area contributed by atoms with Gasteiger partial charge in [-0.3, -0.25) is 9.59 Å². The van der Waals surface area contributed by atoms with Crippen LogP contribution in [0.15, 0.2) is 24.3 Å². The van der Waals surface area contributed by atoms with Crippen LogP contribution in [-0.2, 0) is 19.1 Å². The molecule has 1 aliphatic rings. The molecule has 0 aliphatic heterocycles. The summed E-state index contributed by atoms with van der Waals surface area (Å²) in [5.41, 5.74) is -1.73. The molecule has 0 saturated carbocycles. The molecule has 0 aromatic carbocycles. The van der Waals surface area contributed by atoms with Crippen LogP contribution in [0.4, 0.5) is 0 Å². The van der Waals surface area contributed by atoms with Crippen LogP contribution in [0.5, 0.6) is 0 Å². The van der Waals surface area contributed by atoms with Crippen molar-refractivity contribution in [2.24, 2.45) is 17.3 Å². The molecule has 3 unspecified atom stereocenters. The van der Waals surface area contributed by atoms with Crippen LogP contribution >= 0.6 is 11.6 Å². The number of esters is 2. The second-order valence-corrected chi connectivity index (χ2v) is 6.26. The van der Waals surface area contributed by atoms with Crippen LogP contribution in [0.1, 0.15) is 40.5 Å². The minimum Gasteiger partial charge on any atom is -0.460 e. The third-order valence-electron chi connectivity index (χ3n) is 4.25. The highest BCUT2D eigenvalue weighted by molar-refractivity contribution is 6.20. The Bertz CT molecular complexity index is 454. The summed E-state index contributed by atoms with van der Waals surface area (Å²) in [5, 5.41) is 0. The van der Waals surface area contributed by atoms with Gasteiger partial charge in [-0.1, -0.05) is 56.7 Å². The van der Waals surface area contributed by atoms with Crippen molar-refractivity contribution in [3.05, 3.63) is 24.3 Å². The summed E-state index contributed by atoms with van der Waals surface area (Å²) < 4.78 is 10.3. The van der Waals surface area contributed by atoms with Crippen molar-refractivity contribution in [2.45, 2.75) is 46.1 Å². The fraction of sp³-hybridized carbons (Fsp3) is 0.647. The summed E-state index contributed by atoms with van der Waals surface area (Å²) in [6.07, 6.45) is 8.90. The molecule has 0 radical (unpaired) electrons. The number of hydrogen-bond acceptors (Lipinski definition) is 4. The highest BCUT2D eigenvalue weighted by Crippen LogP contribution is 2.34. The number of ether oxygens (including phenoxy) is 2. The van der Waals surface area contributed by atoms with E-state index in [9.17, 15) is 9.59 Å². The Balaban J connectivity index is 2.50. The van der Waals surface area contributed by atoms with Gasteiger partial charge in [0.2, 0.25) is 5.56 Å².